The largest absolute Gasteiger partial charge is 0.369 e. The van der Waals surface area contributed by atoms with Crippen LogP contribution >= 0.6 is 0 Å². The Morgan fingerprint density at radius 3 is 2.12 bits per heavy atom. The van der Waals surface area contributed by atoms with Crippen LogP contribution in [0.5, 0.6) is 0 Å². The monoisotopic (exact) mass is 330 g/mol. The second kappa shape index (κ2) is 9.37. The fraction of sp³-hybridized carbons (Fsp3) is 0.611. The van der Waals surface area contributed by atoms with Crippen molar-refractivity contribution in [1.29, 1.82) is 0 Å². The van der Waals surface area contributed by atoms with Crippen molar-refractivity contribution in [1.82, 2.24) is 25.1 Å². The van der Waals surface area contributed by atoms with Crippen molar-refractivity contribution in [2.45, 2.75) is 39.2 Å². The van der Waals surface area contributed by atoms with E-state index in [1.54, 1.807) is 7.05 Å². The molecule has 132 valence electrons. The number of hydrogen-bond acceptors (Lipinski definition) is 5. The zero-order valence-corrected chi connectivity index (χ0v) is 13.9. The van der Waals surface area contributed by atoms with Gasteiger partial charge in [0.05, 0.1) is 0 Å². The van der Waals surface area contributed by atoms with E-state index in [9.17, 15) is 0 Å². The van der Waals surface area contributed by atoms with Gasteiger partial charge in [0.15, 0.2) is 0 Å². The van der Waals surface area contributed by atoms with E-state index in [2.05, 4.69) is 55.7 Å². The predicted molar refractivity (Wildman–Crippen MR) is 98.0 cm³/mol. The highest BCUT2D eigenvalue weighted by Crippen LogP contribution is 2.25. The number of tetrazole rings is 1. The molecule has 2 aromatic rings. The third-order valence-electron chi connectivity index (χ3n) is 4.73. The molecule has 1 saturated carbocycles. The van der Waals surface area contributed by atoms with Crippen LogP contribution in [0.2, 0.25) is 0 Å². The van der Waals surface area contributed by atoms with Gasteiger partial charge >= 0.3 is 0 Å². The highest BCUT2D eigenvalue weighted by molar-refractivity contribution is 5.46. The second-order valence-corrected chi connectivity index (χ2v) is 6.28. The van der Waals surface area contributed by atoms with Crippen molar-refractivity contribution >= 4 is 5.69 Å². The van der Waals surface area contributed by atoms with Gasteiger partial charge in [0.25, 0.3) is 0 Å². The number of piperazine rings is 1. The standard InChI is InChI=1S/C15H22N2.C2H4N4.CH4/c1-2-6-14(7-3-1)16-10-12-17(13-11-16)15-8-4-5-9-15;1-6-2-3-4-5-6;/h1-3,6-7,15H,4-5,8-13H2;2H,1H3;1H4. The van der Waals surface area contributed by atoms with Crippen molar-refractivity contribution in [3.63, 3.8) is 0 Å². The molecule has 0 amide bonds. The molecule has 2 aliphatic rings. The van der Waals surface area contributed by atoms with Crippen molar-refractivity contribution in [2.75, 3.05) is 31.1 Å². The van der Waals surface area contributed by atoms with Crippen molar-refractivity contribution in [2.24, 2.45) is 7.05 Å². The van der Waals surface area contributed by atoms with Crippen LogP contribution in [0.15, 0.2) is 36.7 Å². The van der Waals surface area contributed by atoms with Gasteiger partial charge in [-0.2, -0.15) is 0 Å². The SMILES string of the molecule is C.Cn1cnnn1.c1ccc(N2CCN(C3CCCC3)CC2)cc1. The minimum Gasteiger partial charge on any atom is -0.369 e. The lowest BCUT2D eigenvalue weighted by molar-refractivity contribution is 0.187. The molecule has 0 unspecified atom stereocenters. The van der Waals surface area contributed by atoms with E-state index in [1.807, 2.05) is 0 Å². The Hall–Kier alpha value is -1.95. The minimum atomic E-state index is 0. The molecule has 6 nitrogen and oxygen atoms in total. The van der Waals surface area contributed by atoms with Crippen LogP contribution in [-0.4, -0.2) is 57.3 Å². The van der Waals surface area contributed by atoms with E-state index >= 15 is 0 Å². The van der Waals surface area contributed by atoms with Gasteiger partial charge in [0, 0.05) is 45.0 Å². The molecule has 0 radical (unpaired) electrons. The fourth-order valence-corrected chi connectivity index (χ4v) is 3.46. The Balaban J connectivity index is 0.000000254. The molecular formula is C18H30N6. The zero-order chi connectivity index (χ0) is 15.9. The Bertz CT molecular complexity index is 542. The normalized spacial score (nSPS) is 18.6. The van der Waals surface area contributed by atoms with E-state index in [0.717, 1.165) is 6.04 Å². The Kier molecular flexibility index (Phi) is 7.18. The van der Waals surface area contributed by atoms with E-state index < -0.39 is 0 Å². The summed E-state index contributed by atoms with van der Waals surface area (Å²) in [5.41, 5.74) is 1.39. The minimum absolute atomic E-state index is 0. The summed E-state index contributed by atoms with van der Waals surface area (Å²) < 4.78 is 1.53. The van der Waals surface area contributed by atoms with Crippen molar-refractivity contribution in [3.05, 3.63) is 36.7 Å². The molecule has 0 N–H and O–H groups in total. The van der Waals surface area contributed by atoms with Crippen LogP contribution in [0.25, 0.3) is 0 Å². The molecule has 4 rings (SSSR count). The molecule has 1 saturated heterocycles. The molecule has 6 heteroatoms. The summed E-state index contributed by atoms with van der Waals surface area (Å²) in [6.45, 7) is 4.89. The van der Waals surface area contributed by atoms with Gasteiger partial charge in [-0.3, -0.25) is 4.90 Å². The summed E-state index contributed by atoms with van der Waals surface area (Å²) in [4.78, 5) is 5.23. The van der Waals surface area contributed by atoms with Crippen LogP contribution in [0.3, 0.4) is 0 Å². The summed E-state index contributed by atoms with van der Waals surface area (Å²) in [5, 5.41) is 10.2. The summed E-state index contributed by atoms with van der Waals surface area (Å²) in [7, 11) is 1.76. The van der Waals surface area contributed by atoms with Gasteiger partial charge in [0.2, 0.25) is 0 Å². The molecule has 24 heavy (non-hydrogen) atoms. The number of para-hydroxylation sites is 1. The van der Waals surface area contributed by atoms with E-state index in [0.29, 0.717) is 0 Å². The van der Waals surface area contributed by atoms with Crippen LogP contribution in [0.1, 0.15) is 33.1 Å². The van der Waals surface area contributed by atoms with E-state index in [1.165, 1.54) is 68.6 Å². The van der Waals surface area contributed by atoms with E-state index in [-0.39, 0.29) is 7.43 Å². The van der Waals surface area contributed by atoms with Gasteiger partial charge < -0.3 is 4.90 Å². The smallest absolute Gasteiger partial charge is 0.137 e. The molecule has 1 aliphatic heterocycles. The summed E-state index contributed by atoms with van der Waals surface area (Å²) >= 11 is 0. The summed E-state index contributed by atoms with van der Waals surface area (Å²) in [5.74, 6) is 0. The second-order valence-electron chi connectivity index (χ2n) is 6.28. The summed E-state index contributed by atoms with van der Waals surface area (Å²) in [6.07, 6.45) is 7.30. The molecule has 0 bridgehead atoms. The molecule has 1 aromatic carbocycles. The van der Waals surface area contributed by atoms with Crippen molar-refractivity contribution < 1.29 is 0 Å². The van der Waals surface area contributed by atoms with E-state index in [4.69, 9.17) is 0 Å². The molecule has 0 spiro atoms. The topological polar surface area (TPSA) is 50.1 Å². The van der Waals surface area contributed by atoms with Crippen LogP contribution < -0.4 is 4.90 Å². The number of aromatic nitrogens is 4. The number of nitrogens with zero attached hydrogens (tertiary/aromatic N) is 6. The number of anilines is 1. The molecule has 1 aliphatic carbocycles. The first-order chi connectivity index (χ1) is 11.3. The van der Waals surface area contributed by atoms with Gasteiger partial charge in [-0.05, 0) is 35.4 Å². The van der Waals surface area contributed by atoms with Crippen LogP contribution in [0.4, 0.5) is 5.69 Å². The number of benzene rings is 1. The average molecular weight is 330 g/mol. The van der Waals surface area contributed by atoms with Gasteiger partial charge in [-0.1, -0.05) is 38.5 Å². The first kappa shape index (κ1) is 18.4. The summed E-state index contributed by atoms with van der Waals surface area (Å²) in [6, 6.07) is 11.7. The third kappa shape index (κ3) is 5.03. The Labute approximate surface area is 145 Å². The first-order valence-corrected chi connectivity index (χ1v) is 8.54. The number of rotatable bonds is 2. The maximum atomic E-state index is 3.47. The average Bonchev–Trinajstić information content (AvgIpc) is 3.30. The Morgan fingerprint density at radius 1 is 0.958 bits per heavy atom. The molecule has 2 heterocycles. The lowest BCUT2D eigenvalue weighted by Crippen LogP contribution is -2.49. The van der Waals surface area contributed by atoms with Crippen LogP contribution in [-0.2, 0) is 7.05 Å². The van der Waals surface area contributed by atoms with Gasteiger partial charge in [-0.15, -0.1) is 5.10 Å². The first-order valence-electron chi connectivity index (χ1n) is 8.54. The van der Waals surface area contributed by atoms with Gasteiger partial charge in [0.1, 0.15) is 6.33 Å². The quantitative estimate of drug-likeness (QED) is 0.847. The Morgan fingerprint density at radius 2 is 1.62 bits per heavy atom. The molecular weight excluding hydrogens is 300 g/mol. The van der Waals surface area contributed by atoms with Gasteiger partial charge in [-0.25, -0.2) is 4.68 Å². The molecule has 2 fully saturated rings. The predicted octanol–water partition coefficient (Wildman–Crippen LogP) is 2.60. The van der Waals surface area contributed by atoms with Crippen molar-refractivity contribution in [3.8, 4) is 0 Å². The lowest BCUT2D eigenvalue weighted by atomic mass is 10.1. The molecule has 1 aromatic heterocycles. The zero-order valence-electron chi connectivity index (χ0n) is 13.9. The maximum absolute atomic E-state index is 3.47. The number of hydrogen-bond donors (Lipinski definition) is 0. The fourth-order valence-electron chi connectivity index (χ4n) is 3.46. The lowest BCUT2D eigenvalue weighted by Gasteiger charge is -2.39. The highest BCUT2D eigenvalue weighted by atomic mass is 15.5. The van der Waals surface area contributed by atoms with Crippen LogP contribution in [0, 0.1) is 0 Å². The third-order valence-corrected chi connectivity index (χ3v) is 4.73. The highest BCUT2D eigenvalue weighted by Gasteiger charge is 2.25. The maximum Gasteiger partial charge on any atom is 0.137 e. The molecule has 0 atom stereocenters. The number of aryl methyl sites for hydroxylation is 1.